The van der Waals surface area contributed by atoms with Crippen LogP contribution >= 0.6 is 0 Å². The second-order valence-corrected chi connectivity index (χ2v) is 6.41. The van der Waals surface area contributed by atoms with Crippen LogP contribution in [0.2, 0.25) is 0 Å². The van der Waals surface area contributed by atoms with Crippen molar-refractivity contribution >= 4 is 11.8 Å². The molecule has 2 rings (SSSR count). The number of ether oxygens (including phenoxy) is 2. The Kier molecular flexibility index (Phi) is 6.64. The SMILES string of the molecule is COc1ccc(OC)c([C@H](C)NC(=O)CN(C)CC(=O)NC2CC2)c1. The molecule has 1 saturated carbocycles. The zero-order chi connectivity index (χ0) is 18.4. The van der Waals surface area contributed by atoms with Gasteiger partial charge in [-0.05, 0) is 45.0 Å². The highest BCUT2D eigenvalue weighted by Crippen LogP contribution is 2.29. The third kappa shape index (κ3) is 5.94. The first-order valence-electron chi connectivity index (χ1n) is 8.42. The Balaban J connectivity index is 1.87. The maximum Gasteiger partial charge on any atom is 0.234 e. The zero-order valence-electron chi connectivity index (χ0n) is 15.3. The minimum atomic E-state index is -0.244. The van der Waals surface area contributed by atoms with E-state index in [-0.39, 0.29) is 30.9 Å². The van der Waals surface area contributed by atoms with Gasteiger partial charge in [-0.3, -0.25) is 14.5 Å². The van der Waals surface area contributed by atoms with Gasteiger partial charge in [-0.2, -0.15) is 0 Å². The minimum Gasteiger partial charge on any atom is -0.497 e. The molecule has 0 aliphatic heterocycles. The van der Waals surface area contributed by atoms with Gasteiger partial charge in [0, 0.05) is 11.6 Å². The predicted molar refractivity (Wildman–Crippen MR) is 94.8 cm³/mol. The number of amides is 2. The van der Waals surface area contributed by atoms with E-state index in [0.717, 1.165) is 18.4 Å². The Morgan fingerprint density at radius 3 is 2.48 bits per heavy atom. The number of rotatable bonds is 9. The first-order valence-corrected chi connectivity index (χ1v) is 8.42. The second kappa shape index (κ2) is 8.71. The summed E-state index contributed by atoms with van der Waals surface area (Å²) in [5.74, 6) is 1.19. The number of benzene rings is 1. The summed E-state index contributed by atoms with van der Waals surface area (Å²) >= 11 is 0. The molecule has 0 bridgehead atoms. The molecule has 0 radical (unpaired) electrons. The van der Waals surface area contributed by atoms with Crippen LogP contribution in [0.5, 0.6) is 11.5 Å². The fourth-order valence-corrected chi connectivity index (χ4v) is 2.59. The molecule has 0 spiro atoms. The van der Waals surface area contributed by atoms with Crippen LogP contribution in [0, 0.1) is 0 Å². The normalized spacial score (nSPS) is 14.8. The van der Waals surface area contributed by atoms with Gasteiger partial charge in [-0.25, -0.2) is 0 Å². The second-order valence-electron chi connectivity index (χ2n) is 6.41. The molecule has 1 aromatic carbocycles. The van der Waals surface area contributed by atoms with Crippen LogP contribution in [0.3, 0.4) is 0 Å². The van der Waals surface area contributed by atoms with E-state index in [1.807, 2.05) is 25.1 Å². The standard InChI is InChI=1S/C18H27N3O4/c1-12(15-9-14(24-3)7-8-16(15)25-4)19-17(22)10-21(2)11-18(23)20-13-5-6-13/h7-9,12-13H,5-6,10-11H2,1-4H3,(H,19,22)(H,20,23)/t12-/m0/s1. The van der Waals surface area contributed by atoms with Crippen molar-refractivity contribution in [3.63, 3.8) is 0 Å². The number of hydrogen-bond donors (Lipinski definition) is 2. The summed E-state index contributed by atoms with van der Waals surface area (Å²) in [6.45, 7) is 2.24. The molecule has 0 saturated heterocycles. The van der Waals surface area contributed by atoms with Gasteiger partial charge in [0.15, 0.2) is 0 Å². The Morgan fingerprint density at radius 1 is 1.20 bits per heavy atom. The molecule has 2 amide bonds. The van der Waals surface area contributed by atoms with E-state index in [2.05, 4.69) is 10.6 Å². The van der Waals surface area contributed by atoms with Crippen molar-refractivity contribution in [3.8, 4) is 11.5 Å². The Labute approximate surface area is 148 Å². The lowest BCUT2D eigenvalue weighted by molar-refractivity contribution is -0.125. The lowest BCUT2D eigenvalue weighted by atomic mass is 10.1. The van der Waals surface area contributed by atoms with Crippen LogP contribution in [0.1, 0.15) is 31.4 Å². The summed E-state index contributed by atoms with van der Waals surface area (Å²) < 4.78 is 10.6. The summed E-state index contributed by atoms with van der Waals surface area (Å²) in [4.78, 5) is 25.7. The lowest BCUT2D eigenvalue weighted by Gasteiger charge is -2.20. The van der Waals surface area contributed by atoms with Crippen molar-refractivity contribution in [1.82, 2.24) is 15.5 Å². The van der Waals surface area contributed by atoms with Crippen molar-refractivity contribution in [2.24, 2.45) is 0 Å². The summed E-state index contributed by atoms with van der Waals surface area (Å²) in [5, 5.41) is 5.84. The van der Waals surface area contributed by atoms with Gasteiger partial charge in [0.2, 0.25) is 11.8 Å². The molecule has 138 valence electrons. The van der Waals surface area contributed by atoms with E-state index >= 15 is 0 Å². The number of carbonyl (C=O) groups is 2. The van der Waals surface area contributed by atoms with Crippen molar-refractivity contribution in [3.05, 3.63) is 23.8 Å². The van der Waals surface area contributed by atoms with Gasteiger partial charge in [-0.15, -0.1) is 0 Å². The van der Waals surface area contributed by atoms with Crippen LogP contribution in [0.15, 0.2) is 18.2 Å². The van der Waals surface area contributed by atoms with Crippen LogP contribution in [0.4, 0.5) is 0 Å². The Morgan fingerprint density at radius 2 is 1.88 bits per heavy atom. The van der Waals surface area contributed by atoms with Crippen LogP contribution in [0.25, 0.3) is 0 Å². The molecule has 2 N–H and O–H groups in total. The number of likely N-dealkylation sites (N-methyl/N-ethyl adjacent to an activating group) is 1. The molecule has 7 nitrogen and oxygen atoms in total. The third-order valence-corrected chi connectivity index (χ3v) is 4.05. The van der Waals surface area contributed by atoms with Crippen molar-refractivity contribution in [1.29, 1.82) is 0 Å². The Bertz CT molecular complexity index is 616. The third-order valence-electron chi connectivity index (χ3n) is 4.05. The van der Waals surface area contributed by atoms with Gasteiger partial charge in [-0.1, -0.05) is 0 Å². The topological polar surface area (TPSA) is 79.9 Å². The highest BCUT2D eigenvalue weighted by molar-refractivity contribution is 5.81. The van der Waals surface area contributed by atoms with E-state index < -0.39 is 0 Å². The summed E-state index contributed by atoms with van der Waals surface area (Å²) in [5.41, 5.74) is 0.837. The molecule has 0 aromatic heterocycles. The van der Waals surface area contributed by atoms with Gasteiger partial charge < -0.3 is 20.1 Å². The van der Waals surface area contributed by atoms with E-state index in [1.54, 1.807) is 26.2 Å². The fourth-order valence-electron chi connectivity index (χ4n) is 2.59. The number of nitrogens with one attached hydrogen (secondary N) is 2. The molecule has 25 heavy (non-hydrogen) atoms. The smallest absolute Gasteiger partial charge is 0.234 e. The molecule has 0 unspecified atom stereocenters. The number of hydrogen-bond acceptors (Lipinski definition) is 5. The Hall–Kier alpha value is -2.28. The molecule has 0 heterocycles. The van der Waals surface area contributed by atoms with E-state index in [4.69, 9.17) is 9.47 Å². The van der Waals surface area contributed by atoms with Gasteiger partial charge >= 0.3 is 0 Å². The highest BCUT2D eigenvalue weighted by atomic mass is 16.5. The first kappa shape index (κ1) is 19.1. The van der Waals surface area contributed by atoms with Gasteiger partial charge in [0.05, 0.1) is 33.4 Å². The number of nitrogens with zero attached hydrogens (tertiary/aromatic N) is 1. The molecule has 7 heteroatoms. The molecule has 1 aliphatic rings. The summed E-state index contributed by atoms with van der Waals surface area (Å²) in [7, 11) is 4.94. The van der Waals surface area contributed by atoms with Crippen LogP contribution < -0.4 is 20.1 Å². The zero-order valence-corrected chi connectivity index (χ0v) is 15.3. The quantitative estimate of drug-likeness (QED) is 0.698. The molecule has 1 aliphatic carbocycles. The van der Waals surface area contributed by atoms with Crippen LogP contribution in [-0.2, 0) is 9.59 Å². The lowest BCUT2D eigenvalue weighted by Crippen LogP contribution is -2.41. The summed E-state index contributed by atoms with van der Waals surface area (Å²) in [6, 6.07) is 5.55. The van der Waals surface area contributed by atoms with Crippen molar-refractivity contribution < 1.29 is 19.1 Å². The molecular formula is C18H27N3O4. The average molecular weight is 349 g/mol. The minimum absolute atomic E-state index is 0.0414. The van der Waals surface area contributed by atoms with Gasteiger partial charge in [0.25, 0.3) is 0 Å². The maximum atomic E-state index is 12.3. The van der Waals surface area contributed by atoms with Crippen molar-refractivity contribution in [2.75, 3.05) is 34.4 Å². The van der Waals surface area contributed by atoms with Crippen molar-refractivity contribution in [2.45, 2.75) is 31.8 Å². The average Bonchev–Trinajstić information content (AvgIpc) is 3.37. The fraction of sp³-hybridized carbons (Fsp3) is 0.556. The van der Waals surface area contributed by atoms with Crippen LogP contribution in [-0.4, -0.2) is 57.1 Å². The highest BCUT2D eigenvalue weighted by Gasteiger charge is 2.24. The number of carbonyl (C=O) groups excluding carboxylic acids is 2. The molecule has 1 fully saturated rings. The largest absolute Gasteiger partial charge is 0.497 e. The predicted octanol–water partition coefficient (Wildman–Crippen LogP) is 1.09. The molecule has 1 aromatic rings. The van der Waals surface area contributed by atoms with Gasteiger partial charge in [0.1, 0.15) is 11.5 Å². The van der Waals surface area contributed by atoms with E-state index in [0.29, 0.717) is 17.5 Å². The van der Waals surface area contributed by atoms with E-state index in [1.165, 1.54) is 0 Å². The first-order chi connectivity index (χ1) is 11.9. The number of methoxy groups -OCH3 is 2. The molecular weight excluding hydrogens is 322 g/mol. The molecule has 1 atom stereocenters. The van der Waals surface area contributed by atoms with E-state index in [9.17, 15) is 9.59 Å². The monoisotopic (exact) mass is 349 g/mol. The maximum absolute atomic E-state index is 12.3. The summed E-state index contributed by atoms with van der Waals surface area (Å²) in [6.07, 6.45) is 2.10.